The number of hydrogen-bond acceptors (Lipinski definition) is 4. The first-order chi connectivity index (χ1) is 7.56. The quantitative estimate of drug-likeness (QED) is 0.607. The molecule has 1 aromatic rings. The lowest BCUT2D eigenvalue weighted by Crippen LogP contribution is -2.29. The number of non-ortho nitro benzene ring substituents is 1. The summed E-state index contributed by atoms with van der Waals surface area (Å²) in [5.41, 5.74) is 5.11. The minimum Gasteiger partial charge on any atom is -0.351 e. The molecule has 0 saturated heterocycles. The van der Waals surface area contributed by atoms with Crippen LogP contribution in [0.1, 0.15) is 10.4 Å². The smallest absolute Gasteiger partial charge is 0.270 e. The summed E-state index contributed by atoms with van der Waals surface area (Å²) in [6, 6.07) is 3.69. The standard InChI is InChI=1S/C9H10ClN3O3/c10-8-2-1-6(13(15)16)5-7(8)9(14)12-4-3-11/h1-2,5H,3-4,11H2,(H,12,14). The number of amides is 1. The van der Waals surface area contributed by atoms with Gasteiger partial charge in [-0.05, 0) is 6.07 Å². The molecule has 1 aromatic carbocycles. The molecule has 0 fully saturated rings. The van der Waals surface area contributed by atoms with E-state index in [-0.39, 0.29) is 29.4 Å². The molecular formula is C9H10ClN3O3. The number of carbonyl (C=O) groups excluding carboxylic acids is 1. The number of hydrogen-bond donors (Lipinski definition) is 2. The Morgan fingerprint density at radius 3 is 2.81 bits per heavy atom. The van der Waals surface area contributed by atoms with E-state index in [4.69, 9.17) is 17.3 Å². The highest BCUT2D eigenvalue weighted by Crippen LogP contribution is 2.21. The minimum absolute atomic E-state index is 0.0734. The second-order valence-corrected chi connectivity index (χ2v) is 3.37. The Bertz CT molecular complexity index is 422. The van der Waals surface area contributed by atoms with Crippen LogP contribution in [-0.4, -0.2) is 23.9 Å². The Labute approximate surface area is 96.5 Å². The van der Waals surface area contributed by atoms with Crippen molar-refractivity contribution in [1.82, 2.24) is 5.32 Å². The molecule has 3 N–H and O–H groups in total. The fraction of sp³-hybridized carbons (Fsp3) is 0.222. The van der Waals surface area contributed by atoms with Crippen molar-refractivity contribution in [2.75, 3.05) is 13.1 Å². The van der Waals surface area contributed by atoms with Gasteiger partial charge in [-0.1, -0.05) is 11.6 Å². The number of nitrogens with one attached hydrogen (secondary N) is 1. The second-order valence-electron chi connectivity index (χ2n) is 2.97. The monoisotopic (exact) mass is 243 g/mol. The average Bonchev–Trinajstić information content (AvgIpc) is 2.26. The zero-order chi connectivity index (χ0) is 12.1. The Morgan fingerprint density at radius 2 is 2.25 bits per heavy atom. The Balaban J connectivity index is 2.97. The number of nitro benzene ring substituents is 1. The fourth-order valence-electron chi connectivity index (χ4n) is 1.08. The van der Waals surface area contributed by atoms with E-state index in [2.05, 4.69) is 5.32 Å². The van der Waals surface area contributed by atoms with E-state index in [1.165, 1.54) is 12.1 Å². The van der Waals surface area contributed by atoms with E-state index in [0.29, 0.717) is 0 Å². The van der Waals surface area contributed by atoms with Crippen molar-refractivity contribution in [2.24, 2.45) is 5.73 Å². The van der Waals surface area contributed by atoms with Crippen molar-refractivity contribution in [3.8, 4) is 0 Å². The predicted octanol–water partition coefficient (Wildman–Crippen LogP) is 0.937. The number of nitro groups is 1. The van der Waals surface area contributed by atoms with Gasteiger partial charge in [0.15, 0.2) is 0 Å². The van der Waals surface area contributed by atoms with Gasteiger partial charge >= 0.3 is 0 Å². The van der Waals surface area contributed by atoms with Gasteiger partial charge in [0.05, 0.1) is 15.5 Å². The third-order valence-corrected chi connectivity index (χ3v) is 2.16. The van der Waals surface area contributed by atoms with E-state index < -0.39 is 10.8 Å². The van der Waals surface area contributed by atoms with Crippen LogP contribution in [0.15, 0.2) is 18.2 Å². The lowest BCUT2D eigenvalue weighted by Gasteiger charge is -2.04. The van der Waals surface area contributed by atoms with Gasteiger partial charge in [-0.15, -0.1) is 0 Å². The molecule has 0 aliphatic heterocycles. The largest absolute Gasteiger partial charge is 0.351 e. The molecule has 0 aliphatic carbocycles. The molecule has 1 rings (SSSR count). The number of rotatable bonds is 4. The van der Waals surface area contributed by atoms with Crippen LogP contribution in [0.4, 0.5) is 5.69 Å². The molecule has 0 aliphatic rings. The maximum Gasteiger partial charge on any atom is 0.270 e. The molecule has 0 unspecified atom stereocenters. The van der Waals surface area contributed by atoms with Crippen LogP contribution >= 0.6 is 11.6 Å². The zero-order valence-electron chi connectivity index (χ0n) is 8.27. The molecule has 0 heterocycles. The lowest BCUT2D eigenvalue weighted by molar-refractivity contribution is -0.384. The van der Waals surface area contributed by atoms with Crippen molar-refractivity contribution >= 4 is 23.2 Å². The molecule has 0 atom stereocenters. The van der Waals surface area contributed by atoms with Crippen LogP contribution in [0, 0.1) is 10.1 Å². The van der Waals surface area contributed by atoms with Crippen molar-refractivity contribution in [3.63, 3.8) is 0 Å². The van der Waals surface area contributed by atoms with Crippen molar-refractivity contribution < 1.29 is 9.72 Å². The Kier molecular flexibility index (Phi) is 4.21. The number of nitrogens with two attached hydrogens (primary N) is 1. The third-order valence-electron chi connectivity index (χ3n) is 1.84. The summed E-state index contributed by atoms with van der Waals surface area (Å²) in [5, 5.41) is 13.2. The molecule has 6 nitrogen and oxygen atoms in total. The van der Waals surface area contributed by atoms with Crippen LogP contribution in [0.2, 0.25) is 5.02 Å². The number of benzene rings is 1. The van der Waals surface area contributed by atoms with E-state index >= 15 is 0 Å². The van der Waals surface area contributed by atoms with E-state index in [1.54, 1.807) is 0 Å². The van der Waals surface area contributed by atoms with Crippen LogP contribution in [0.3, 0.4) is 0 Å². The van der Waals surface area contributed by atoms with Gasteiger partial charge in [-0.2, -0.15) is 0 Å². The predicted molar refractivity (Wildman–Crippen MR) is 59.5 cm³/mol. The van der Waals surface area contributed by atoms with Gasteiger partial charge in [-0.25, -0.2) is 0 Å². The van der Waals surface area contributed by atoms with Gasteiger partial charge in [-0.3, -0.25) is 14.9 Å². The molecule has 16 heavy (non-hydrogen) atoms. The van der Waals surface area contributed by atoms with Crippen LogP contribution < -0.4 is 11.1 Å². The summed E-state index contributed by atoms with van der Waals surface area (Å²) in [4.78, 5) is 21.5. The topological polar surface area (TPSA) is 98.3 Å². The molecule has 0 aromatic heterocycles. The van der Waals surface area contributed by atoms with Gasteiger partial charge < -0.3 is 11.1 Å². The maximum absolute atomic E-state index is 11.5. The van der Waals surface area contributed by atoms with Gasteiger partial charge in [0.2, 0.25) is 0 Å². The molecule has 0 bridgehead atoms. The van der Waals surface area contributed by atoms with Crippen LogP contribution in [0.25, 0.3) is 0 Å². The van der Waals surface area contributed by atoms with E-state index in [9.17, 15) is 14.9 Å². The third kappa shape index (κ3) is 2.91. The van der Waals surface area contributed by atoms with Gasteiger partial charge in [0.25, 0.3) is 11.6 Å². The van der Waals surface area contributed by atoms with E-state index in [1.807, 2.05) is 0 Å². The fourth-order valence-corrected chi connectivity index (χ4v) is 1.29. The lowest BCUT2D eigenvalue weighted by atomic mass is 10.2. The summed E-state index contributed by atoms with van der Waals surface area (Å²) in [7, 11) is 0. The second kappa shape index (κ2) is 5.43. The zero-order valence-corrected chi connectivity index (χ0v) is 9.03. The summed E-state index contributed by atoms with van der Waals surface area (Å²) < 4.78 is 0. The maximum atomic E-state index is 11.5. The highest BCUT2D eigenvalue weighted by Gasteiger charge is 2.14. The summed E-state index contributed by atoms with van der Waals surface area (Å²) in [6.45, 7) is 0.580. The average molecular weight is 244 g/mol. The Morgan fingerprint density at radius 1 is 1.56 bits per heavy atom. The highest BCUT2D eigenvalue weighted by atomic mass is 35.5. The molecule has 7 heteroatoms. The summed E-state index contributed by atoms with van der Waals surface area (Å²) >= 11 is 5.76. The molecule has 0 radical (unpaired) electrons. The first kappa shape index (κ1) is 12.4. The molecular weight excluding hydrogens is 234 g/mol. The number of nitrogens with zero attached hydrogens (tertiary/aromatic N) is 1. The van der Waals surface area contributed by atoms with Crippen LogP contribution in [0.5, 0.6) is 0 Å². The SMILES string of the molecule is NCCNC(=O)c1cc([N+](=O)[O-])ccc1Cl. The molecule has 0 spiro atoms. The summed E-state index contributed by atoms with van der Waals surface area (Å²) in [6.07, 6.45) is 0. The van der Waals surface area contributed by atoms with E-state index in [0.717, 1.165) is 6.07 Å². The molecule has 0 saturated carbocycles. The first-order valence-electron chi connectivity index (χ1n) is 4.48. The first-order valence-corrected chi connectivity index (χ1v) is 4.86. The van der Waals surface area contributed by atoms with Crippen molar-refractivity contribution in [2.45, 2.75) is 0 Å². The van der Waals surface area contributed by atoms with Crippen molar-refractivity contribution in [3.05, 3.63) is 38.9 Å². The van der Waals surface area contributed by atoms with Gasteiger partial charge in [0.1, 0.15) is 0 Å². The number of halogens is 1. The minimum atomic E-state index is -0.587. The molecule has 86 valence electrons. The Hall–Kier alpha value is -1.66. The highest BCUT2D eigenvalue weighted by molar-refractivity contribution is 6.33. The van der Waals surface area contributed by atoms with Gasteiger partial charge in [0, 0.05) is 25.2 Å². The summed E-state index contributed by atoms with van der Waals surface area (Å²) in [5.74, 6) is -0.473. The normalized spacial score (nSPS) is 9.88. The van der Waals surface area contributed by atoms with Crippen LogP contribution in [-0.2, 0) is 0 Å². The molecule has 1 amide bonds. The number of carbonyl (C=O) groups is 1. The van der Waals surface area contributed by atoms with Crippen molar-refractivity contribution in [1.29, 1.82) is 0 Å².